The first-order chi connectivity index (χ1) is 10.4. The van der Waals surface area contributed by atoms with Crippen molar-refractivity contribution in [1.82, 2.24) is 16.0 Å². The van der Waals surface area contributed by atoms with Crippen LogP contribution in [0.25, 0.3) is 0 Å². The highest BCUT2D eigenvalue weighted by Crippen LogP contribution is 2.28. The molecule has 1 aliphatic carbocycles. The second-order valence-corrected chi connectivity index (χ2v) is 6.80. The number of nitrogens with zero attached hydrogens (tertiary/aromatic N) is 1. The number of hydrogen-bond donors (Lipinski definition) is 3. The van der Waals surface area contributed by atoms with Gasteiger partial charge in [-0.15, -0.1) is 24.0 Å². The molecular weight excluding hydrogens is 407 g/mol. The van der Waals surface area contributed by atoms with Gasteiger partial charge in [0.05, 0.1) is 0 Å². The Bertz CT molecular complexity index is 366. The number of halogens is 1. The Kier molecular flexibility index (Phi) is 11.6. The van der Waals surface area contributed by atoms with Gasteiger partial charge in [0.1, 0.15) is 0 Å². The van der Waals surface area contributed by atoms with E-state index < -0.39 is 0 Å². The average molecular weight is 440 g/mol. The molecule has 6 nitrogen and oxygen atoms in total. The average Bonchev–Trinajstić information content (AvgIpc) is 3.27. The third-order valence-corrected chi connectivity index (χ3v) is 3.42. The molecule has 7 heteroatoms. The molecule has 1 amide bonds. The van der Waals surface area contributed by atoms with Crippen LogP contribution in [0, 0.1) is 11.3 Å². The van der Waals surface area contributed by atoms with Crippen LogP contribution in [0.3, 0.4) is 0 Å². The van der Waals surface area contributed by atoms with Crippen molar-refractivity contribution in [3.63, 3.8) is 0 Å². The lowest BCUT2D eigenvalue weighted by molar-refractivity contribution is -0.128. The van der Waals surface area contributed by atoms with Gasteiger partial charge in [-0.1, -0.05) is 20.8 Å². The van der Waals surface area contributed by atoms with Gasteiger partial charge < -0.3 is 20.7 Å². The molecule has 0 spiro atoms. The van der Waals surface area contributed by atoms with Crippen LogP contribution in [0.15, 0.2) is 4.99 Å². The van der Waals surface area contributed by atoms with Crippen LogP contribution in [0.1, 0.15) is 40.0 Å². The molecule has 0 bridgehead atoms. The van der Waals surface area contributed by atoms with Crippen molar-refractivity contribution in [3.8, 4) is 0 Å². The number of ether oxygens (including phenoxy) is 1. The Labute approximate surface area is 157 Å². The van der Waals surface area contributed by atoms with Crippen molar-refractivity contribution in [1.29, 1.82) is 0 Å². The predicted molar refractivity (Wildman–Crippen MR) is 105 cm³/mol. The van der Waals surface area contributed by atoms with Gasteiger partial charge in [0.15, 0.2) is 5.96 Å². The minimum absolute atomic E-state index is 0. The molecule has 0 aliphatic heterocycles. The molecule has 0 aromatic rings. The Morgan fingerprint density at radius 1 is 1.13 bits per heavy atom. The maximum absolute atomic E-state index is 11.7. The lowest BCUT2D eigenvalue weighted by Crippen LogP contribution is -2.43. The maximum atomic E-state index is 11.7. The first kappa shape index (κ1) is 22.4. The van der Waals surface area contributed by atoms with Crippen molar-refractivity contribution >= 4 is 35.8 Å². The number of rotatable bonds is 9. The quantitative estimate of drug-likeness (QED) is 0.221. The fourth-order valence-electron chi connectivity index (χ4n) is 1.76. The highest BCUT2D eigenvalue weighted by molar-refractivity contribution is 14.0. The summed E-state index contributed by atoms with van der Waals surface area (Å²) in [5.41, 5.74) is -0.347. The molecule has 136 valence electrons. The number of aliphatic imine (C=N–C) groups is 1. The van der Waals surface area contributed by atoms with E-state index in [4.69, 9.17) is 4.74 Å². The second kappa shape index (κ2) is 11.9. The SMILES string of the molecule is CN=C(NCCCOCC1CC1)NCCNC(=O)C(C)(C)C.I. The van der Waals surface area contributed by atoms with Crippen molar-refractivity contribution in [2.24, 2.45) is 16.3 Å². The lowest BCUT2D eigenvalue weighted by Gasteiger charge is -2.18. The first-order valence-corrected chi connectivity index (χ1v) is 8.24. The minimum Gasteiger partial charge on any atom is -0.381 e. The molecule has 0 aromatic carbocycles. The number of guanidine groups is 1. The van der Waals surface area contributed by atoms with E-state index in [9.17, 15) is 4.79 Å². The lowest BCUT2D eigenvalue weighted by atomic mass is 9.96. The molecule has 1 aliphatic rings. The molecule has 1 fully saturated rings. The Hall–Kier alpha value is -0.570. The molecule has 0 radical (unpaired) electrons. The number of amides is 1. The fraction of sp³-hybridized carbons (Fsp3) is 0.875. The summed E-state index contributed by atoms with van der Waals surface area (Å²) in [5, 5.41) is 9.31. The highest BCUT2D eigenvalue weighted by Gasteiger charge is 2.21. The highest BCUT2D eigenvalue weighted by atomic mass is 127. The Morgan fingerprint density at radius 2 is 1.74 bits per heavy atom. The zero-order valence-corrected chi connectivity index (χ0v) is 17.2. The van der Waals surface area contributed by atoms with Gasteiger partial charge in [-0.05, 0) is 25.2 Å². The summed E-state index contributed by atoms with van der Waals surface area (Å²) in [4.78, 5) is 15.9. The summed E-state index contributed by atoms with van der Waals surface area (Å²) >= 11 is 0. The van der Waals surface area contributed by atoms with Gasteiger partial charge in [-0.3, -0.25) is 9.79 Å². The summed E-state index contributed by atoms with van der Waals surface area (Å²) in [6.45, 7) is 9.49. The molecule has 3 N–H and O–H groups in total. The summed E-state index contributed by atoms with van der Waals surface area (Å²) in [6, 6.07) is 0. The van der Waals surface area contributed by atoms with Gasteiger partial charge in [-0.25, -0.2) is 0 Å². The van der Waals surface area contributed by atoms with Crippen LogP contribution in [0.4, 0.5) is 0 Å². The van der Waals surface area contributed by atoms with E-state index in [0.29, 0.717) is 13.1 Å². The molecule has 0 heterocycles. The van der Waals surface area contributed by atoms with Crippen LogP contribution in [0.5, 0.6) is 0 Å². The van der Waals surface area contributed by atoms with Crippen molar-refractivity contribution < 1.29 is 9.53 Å². The third kappa shape index (κ3) is 11.6. The monoisotopic (exact) mass is 440 g/mol. The van der Waals surface area contributed by atoms with E-state index in [1.165, 1.54) is 12.8 Å². The smallest absolute Gasteiger partial charge is 0.225 e. The molecule has 0 unspecified atom stereocenters. The second-order valence-electron chi connectivity index (χ2n) is 6.80. The largest absolute Gasteiger partial charge is 0.381 e. The topological polar surface area (TPSA) is 74.8 Å². The van der Waals surface area contributed by atoms with Crippen LogP contribution in [-0.4, -0.2) is 51.8 Å². The molecule has 0 aromatic heterocycles. The minimum atomic E-state index is -0.347. The van der Waals surface area contributed by atoms with Gasteiger partial charge in [-0.2, -0.15) is 0 Å². The van der Waals surface area contributed by atoms with Gasteiger partial charge >= 0.3 is 0 Å². The number of nitrogens with one attached hydrogen (secondary N) is 3. The van der Waals surface area contributed by atoms with Crippen LogP contribution in [-0.2, 0) is 9.53 Å². The molecule has 1 saturated carbocycles. The van der Waals surface area contributed by atoms with E-state index in [0.717, 1.165) is 38.1 Å². The Morgan fingerprint density at radius 3 is 2.30 bits per heavy atom. The number of carbonyl (C=O) groups excluding carboxylic acids is 1. The van der Waals surface area contributed by atoms with E-state index in [-0.39, 0.29) is 35.3 Å². The van der Waals surface area contributed by atoms with Crippen LogP contribution >= 0.6 is 24.0 Å². The van der Waals surface area contributed by atoms with Crippen LogP contribution < -0.4 is 16.0 Å². The maximum Gasteiger partial charge on any atom is 0.225 e. The summed E-state index contributed by atoms with van der Waals surface area (Å²) in [7, 11) is 1.74. The van der Waals surface area contributed by atoms with Crippen molar-refractivity contribution in [2.45, 2.75) is 40.0 Å². The summed E-state index contributed by atoms with van der Waals surface area (Å²) < 4.78 is 5.58. The Balaban J connectivity index is 0.00000484. The first-order valence-electron chi connectivity index (χ1n) is 8.24. The molecule has 1 rings (SSSR count). The van der Waals surface area contributed by atoms with Crippen molar-refractivity contribution in [2.75, 3.05) is 39.9 Å². The number of hydrogen-bond acceptors (Lipinski definition) is 3. The molecule has 23 heavy (non-hydrogen) atoms. The van der Waals surface area contributed by atoms with E-state index >= 15 is 0 Å². The van der Waals surface area contributed by atoms with Gasteiger partial charge in [0, 0.05) is 45.3 Å². The van der Waals surface area contributed by atoms with Gasteiger partial charge in [0.25, 0.3) is 0 Å². The zero-order chi connectivity index (χ0) is 16.4. The van der Waals surface area contributed by atoms with E-state index in [1.807, 2.05) is 20.8 Å². The zero-order valence-electron chi connectivity index (χ0n) is 14.9. The van der Waals surface area contributed by atoms with E-state index in [2.05, 4.69) is 20.9 Å². The molecule has 0 atom stereocenters. The molecule has 0 saturated heterocycles. The van der Waals surface area contributed by atoms with Crippen molar-refractivity contribution in [3.05, 3.63) is 0 Å². The summed E-state index contributed by atoms with van der Waals surface area (Å²) in [5.74, 6) is 1.64. The third-order valence-electron chi connectivity index (χ3n) is 3.42. The number of carbonyl (C=O) groups is 1. The predicted octanol–water partition coefficient (Wildman–Crippen LogP) is 1.75. The van der Waals surface area contributed by atoms with Crippen LogP contribution in [0.2, 0.25) is 0 Å². The summed E-state index contributed by atoms with van der Waals surface area (Å²) in [6.07, 6.45) is 3.63. The van der Waals surface area contributed by atoms with Gasteiger partial charge in [0.2, 0.25) is 5.91 Å². The molecular formula is C16H33IN4O2. The normalized spacial score (nSPS) is 14.9. The van der Waals surface area contributed by atoms with E-state index in [1.54, 1.807) is 7.05 Å². The standard InChI is InChI=1S/C16H32N4O2.HI/c1-16(2,3)14(21)18-9-10-20-15(17-4)19-8-5-11-22-12-13-6-7-13;/h13H,5-12H2,1-4H3,(H,18,21)(H2,17,19,20);1H. The fourth-order valence-corrected chi connectivity index (χ4v) is 1.76.